The average molecular weight is 261 g/mol. The van der Waals surface area contributed by atoms with Crippen LogP contribution in [0.5, 0.6) is 0 Å². The molecule has 1 heterocycles. The van der Waals surface area contributed by atoms with Crippen LogP contribution in [0.15, 0.2) is 55.1 Å². The van der Waals surface area contributed by atoms with Gasteiger partial charge in [0.25, 0.3) is 0 Å². The zero-order valence-electron chi connectivity index (χ0n) is 11.0. The van der Waals surface area contributed by atoms with Crippen molar-refractivity contribution in [3.8, 4) is 0 Å². The Hall–Kier alpha value is -1.46. The zero-order valence-corrected chi connectivity index (χ0v) is 11.0. The van der Waals surface area contributed by atoms with E-state index in [1.807, 2.05) is 37.3 Å². The second-order valence-electron chi connectivity index (χ2n) is 4.36. The Bertz CT molecular complexity index is 426. The van der Waals surface area contributed by atoms with E-state index < -0.39 is 0 Å². The molecule has 0 bridgehead atoms. The summed E-state index contributed by atoms with van der Waals surface area (Å²) < 4.78 is 10.9. The number of hydrogen-bond acceptors (Lipinski definition) is 4. The van der Waals surface area contributed by atoms with Gasteiger partial charge in [0, 0.05) is 0 Å². The Morgan fingerprint density at radius 3 is 2.68 bits per heavy atom. The topological polar surface area (TPSA) is 39.7 Å². The van der Waals surface area contributed by atoms with Gasteiger partial charge in [0.2, 0.25) is 0 Å². The number of hydrogen-bond donors (Lipinski definition) is 1. The second kappa shape index (κ2) is 6.63. The fourth-order valence-corrected chi connectivity index (χ4v) is 1.77. The first kappa shape index (κ1) is 14.0. The maximum absolute atomic E-state index is 5.48. The maximum Gasteiger partial charge on any atom is 0.185 e. The Kier molecular flexibility index (Phi) is 4.87. The molecule has 4 heteroatoms. The molecule has 1 aliphatic heterocycles. The molecule has 19 heavy (non-hydrogen) atoms. The van der Waals surface area contributed by atoms with E-state index in [2.05, 4.69) is 18.6 Å². The smallest absolute Gasteiger partial charge is 0.185 e. The normalized spacial score (nSPS) is 23.4. The molecule has 0 spiro atoms. The van der Waals surface area contributed by atoms with Crippen molar-refractivity contribution < 1.29 is 14.3 Å². The molecule has 2 rings (SSSR count). The molecule has 1 saturated heterocycles. The van der Waals surface area contributed by atoms with Gasteiger partial charge in [-0.15, -0.1) is 0 Å². The third-order valence-corrected chi connectivity index (χ3v) is 2.88. The van der Waals surface area contributed by atoms with E-state index in [1.165, 1.54) is 0 Å². The highest BCUT2D eigenvalue weighted by atomic mass is 16.9. The van der Waals surface area contributed by atoms with E-state index in [4.69, 9.17) is 14.3 Å². The van der Waals surface area contributed by atoms with Gasteiger partial charge in [-0.3, -0.25) is 4.84 Å². The summed E-state index contributed by atoms with van der Waals surface area (Å²) in [5, 5.41) is 0. The first-order valence-corrected chi connectivity index (χ1v) is 6.24. The quantitative estimate of drug-likeness (QED) is 0.605. The summed E-state index contributed by atoms with van der Waals surface area (Å²) in [5.74, 6) is 0. The van der Waals surface area contributed by atoms with Crippen LogP contribution in [0.2, 0.25) is 0 Å². The summed E-state index contributed by atoms with van der Waals surface area (Å²) in [6.45, 7) is 9.91. The van der Waals surface area contributed by atoms with Crippen molar-refractivity contribution in [3.05, 3.63) is 60.7 Å². The molecule has 1 N–H and O–H groups in total. The lowest BCUT2D eigenvalue weighted by Gasteiger charge is -2.39. The summed E-state index contributed by atoms with van der Waals surface area (Å²) >= 11 is 0. The molecule has 1 aromatic carbocycles. The number of nitrogens with one attached hydrogen (secondary N) is 1. The summed E-state index contributed by atoms with van der Waals surface area (Å²) in [5.41, 5.74) is 4.77. The monoisotopic (exact) mass is 261 g/mol. The number of benzene rings is 1. The van der Waals surface area contributed by atoms with Gasteiger partial charge in [0.05, 0.1) is 6.61 Å². The predicted octanol–water partition coefficient (Wildman–Crippen LogP) is 2.54. The van der Waals surface area contributed by atoms with Crippen molar-refractivity contribution in [2.24, 2.45) is 0 Å². The first-order valence-electron chi connectivity index (χ1n) is 6.24. The third kappa shape index (κ3) is 3.75. The standard InChI is InChI=1S/C15H19NO3/c1-4-11(2)14(15-18-12(3)19-15)16-17-10-13-8-6-5-7-9-13/h4-9,12,14-16H,1-2,10H2,3H3. The van der Waals surface area contributed by atoms with Crippen LogP contribution in [0, 0.1) is 0 Å². The number of rotatable bonds is 7. The van der Waals surface area contributed by atoms with Crippen LogP contribution < -0.4 is 5.48 Å². The van der Waals surface area contributed by atoms with Crippen LogP contribution in [-0.4, -0.2) is 18.6 Å². The van der Waals surface area contributed by atoms with Gasteiger partial charge in [-0.1, -0.05) is 49.6 Å². The molecule has 4 nitrogen and oxygen atoms in total. The molecule has 0 saturated carbocycles. The van der Waals surface area contributed by atoms with E-state index >= 15 is 0 Å². The van der Waals surface area contributed by atoms with Crippen LogP contribution in [0.3, 0.4) is 0 Å². The Morgan fingerprint density at radius 1 is 1.42 bits per heavy atom. The SMILES string of the molecule is C=CC(=C)C(NOCc1ccccc1)C1OC(C)O1. The molecule has 1 aliphatic rings. The van der Waals surface area contributed by atoms with Crippen LogP contribution in [0.1, 0.15) is 12.5 Å². The molecule has 1 unspecified atom stereocenters. The number of hydroxylamine groups is 1. The van der Waals surface area contributed by atoms with E-state index in [0.717, 1.165) is 11.1 Å². The Morgan fingerprint density at radius 2 is 2.11 bits per heavy atom. The molecule has 0 aromatic heterocycles. The summed E-state index contributed by atoms with van der Waals surface area (Å²) in [4.78, 5) is 5.48. The fraction of sp³-hybridized carbons (Fsp3) is 0.333. The predicted molar refractivity (Wildman–Crippen MR) is 72.9 cm³/mol. The highest BCUT2D eigenvalue weighted by Crippen LogP contribution is 2.23. The third-order valence-electron chi connectivity index (χ3n) is 2.88. The van der Waals surface area contributed by atoms with E-state index in [-0.39, 0.29) is 18.6 Å². The Balaban J connectivity index is 1.83. The first-order chi connectivity index (χ1) is 9.20. The van der Waals surface area contributed by atoms with Gasteiger partial charge in [0.15, 0.2) is 12.6 Å². The summed E-state index contributed by atoms with van der Waals surface area (Å²) in [6.07, 6.45) is 1.11. The minimum atomic E-state index is -0.378. The highest BCUT2D eigenvalue weighted by Gasteiger charge is 2.35. The van der Waals surface area contributed by atoms with Gasteiger partial charge in [-0.2, -0.15) is 5.48 Å². The van der Waals surface area contributed by atoms with E-state index in [1.54, 1.807) is 6.08 Å². The Labute approximate surface area is 113 Å². The highest BCUT2D eigenvalue weighted by molar-refractivity contribution is 5.19. The molecule has 0 radical (unpaired) electrons. The molecule has 1 aromatic rings. The van der Waals surface area contributed by atoms with Gasteiger partial charge in [0.1, 0.15) is 6.04 Å². The van der Waals surface area contributed by atoms with Gasteiger partial charge in [-0.05, 0) is 18.1 Å². The lowest BCUT2D eigenvalue weighted by atomic mass is 10.1. The van der Waals surface area contributed by atoms with Gasteiger partial charge in [-0.25, -0.2) is 0 Å². The lowest BCUT2D eigenvalue weighted by Crippen LogP contribution is -2.53. The van der Waals surface area contributed by atoms with E-state index in [9.17, 15) is 0 Å². The van der Waals surface area contributed by atoms with Crippen LogP contribution >= 0.6 is 0 Å². The second-order valence-corrected chi connectivity index (χ2v) is 4.36. The minimum absolute atomic E-state index is 0.180. The van der Waals surface area contributed by atoms with Crippen molar-refractivity contribution in [2.75, 3.05) is 0 Å². The molecule has 1 fully saturated rings. The van der Waals surface area contributed by atoms with Crippen LogP contribution in [0.25, 0.3) is 0 Å². The van der Waals surface area contributed by atoms with Gasteiger partial charge < -0.3 is 9.47 Å². The molecule has 102 valence electrons. The average Bonchev–Trinajstić information content (AvgIpc) is 2.41. The molecule has 0 aliphatic carbocycles. The summed E-state index contributed by atoms with van der Waals surface area (Å²) in [7, 11) is 0. The van der Waals surface area contributed by atoms with Crippen molar-refractivity contribution >= 4 is 0 Å². The fourth-order valence-electron chi connectivity index (χ4n) is 1.77. The lowest BCUT2D eigenvalue weighted by molar-refractivity contribution is -0.385. The minimum Gasteiger partial charge on any atom is -0.322 e. The number of ether oxygens (including phenoxy) is 2. The largest absolute Gasteiger partial charge is 0.322 e. The van der Waals surface area contributed by atoms with Crippen molar-refractivity contribution in [1.29, 1.82) is 0 Å². The van der Waals surface area contributed by atoms with Crippen LogP contribution in [-0.2, 0) is 20.9 Å². The van der Waals surface area contributed by atoms with Crippen molar-refractivity contribution in [2.45, 2.75) is 32.2 Å². The zero-order chi connectivity index (χ0) is 13.7. The molecular weight excluding hydrogens is 242 g/mol. The molecular formula is C15H19NO3. The van der Waals surface area contributed by atoms with E-state index in [0.29, 0.717) is 6.61 Å². The molecule has 1 atom stereocenters. The van der Waals surface area contributed by atoms with Gasteiger partial charge >= 0.3 is 0 Å². The van der Waals surface area contributed by atoms with Crippen molar-refractivity contribution in [1.82, 2.24) is 5.48 Å². The van der Waals surface area contributed by atoms with Crippen LogP contribution in [0.4, 0.5) is 0 Å². The molecule has 0 amide bonds. The van der Waals surface area contributed by atoms with Crippen molar-refractivity contribution in [3.63, 3.8) is 0 Å². The summed E-state index contributed by atoms with van der Waals surface area (Å²) in [6, 6.07) is 9.65. The maximum atomic E-state index is 5.48.